The third-order valence-corrected chi connectivity index (χ3v) is 3.08. The van der Waals surface area contributed by atoms with Crippen molar-refractivity contribution in [1.82, 2.24) is 10.2 Å². The number of carbonyl (C=O) groups excluding carboxylic acids is 2. The molecule has 94 valence electrons. The third kappa shape index (κ3) is 4.56. The van der Waals surface area contributed by atoms with Crippen LogP contribution in [0, 0.1) is 5.92 Å². The Morgan fingerprint density at radius 2 is 2.18 bits per heavy atom. The Morgan fingerprint density at radius 1 is 1.47 bits per heavy atom. The highest BCUT2D eigenvalue weighted by molar-refractivity contribution is 7.12. The summed E-state index contributed by atoms with van der Waals surface area (Å²) < 4.78 is 0. The highest BCUT2D eigenvalue weighted by Gasteiger charge is 2.12. The summed E-state index contributed by atoms with van der Waals surface area (Å²) in [6.45, 7) is 4.86. The first-order valence-corrected chi connectivity index (χ1v) is 6.44. The summed E-state index contributed by atoms with van der Waals surface area (Å²) >= 11 is 1.36. The Hall–Kier alpha value is -1.36. The molecule has 0 aliphatic carbocycles. The van der Waals surface area contributed by atoms with E-state index in [-0.39, 0.29) is 18.4 Å². The molecule has 0 aliphatic heterocycles. The van der Waals surface area contributed by atoms with Gasteiger partial charge in [-0.25, -0.2) is 0 Å². The number of hydrogen-bond acceptors (Lipinski definition) is 3. The van der Waals surface area contributed by atoms with Crippen molar-refractivity contribution in [2.24, 2.45) is 5.92 Å². The van der Waals surface area contributed by atoms with Gasteiger partial charge in [-0.2, -0.15) is 0 Å². The second-order valence-corrected chi connectivity index (χ2v) is 5.28. The van der Waals surface area contributed by atoms with Gasteiger partial charge in [0, 0.05) is 13.6 Å². The summed E-state index contributed by atoms with van der Waals surface area (Å²) in [7, 11) is 1.75. The summed E-state index contributed by atoms with van der Waals surface area (Å²) in [6.07, 6.45) is 0. The highest BCUT2D eigenvalue weighted by atomic mass is 32.1. The van der Waals surface area contributed by atoms with E-state index in [1.165, 1.54) is 11.3 Å². The van der Waals surface area contributed by atoms with Gasteiger partial charge in [-0.15, -0.1) is 11.3 Å². The first-order valence-electron chi connectivity index (χ1n) is 5.56. The molecule has 1 N–H and O–H groups in total. The molecule has 0 spiro atoms. The van der Waals surface area contributed by atoms with Gasteiger partial charge in [0.25, 0.3) is 5.91 Å². The minimum atomic E-state index is -0.189. The van der Waals surface area contributed by atoms with Gasteiger partial charge < -0.3 is 10.2 Å². The van der Waals surface area contributed by atoms with E-state index in [1.807, 2.05) is 25.3 Å². The molecule has 4 nitrogen and oxygen atoms in total. The van der Waals surface area contributed by atoms with Crippen molar-refractivity contribution in [2.75, 3.05) is 20.1 Å². The molecular formula is C12H18N2O2S. The molecule has 2 amide bonds. The molecule has 0 radical (unpaired) electrons. The first-order chi connectivity index (χ1) is 8.00. The van der Waals surface area contributed by atoms with Crippen LogP contribution in [-0.4, -0.2) is 36.9 Å². The van der Waals surface area contributed by atoms with Gasteiger partial charge in [0.1, 0.15) is 0 Å². The van der Waals surface area contributed by atoms with Crippen LogP contribution in [0.1, 0.15) is 23.5 Å². The normalized spacial score (nSPS) is 10.4. The monoisotopic (exact) mass is 254 g/mol. The van der Waals surface area contributed by atoms with Crippen LogP contribution in [0.15, 0.2) is 17.5 Å². The van der Waals surface area contributed by atoms with Gasteiger partial charge in [-0.3, -0.25) is 9.59 Å². The zero-order valence-corrected chi connectivity index (χ0v) is 11.2. The number of hydrogen-bond donors (Lipinski definition) is 1. The van der Waals surface area contributed by atoms with E-state index in [9.17, 15) is 9.59 Å². The van der Waals surface area contributed by atoms with E-state index in [1.54, 1.807) is 18.0 Å². The molecule has 0 unspecified atom stereocenters. The number of nitrogens with zero attached hydrogens (tertiary/aromatic N) is 1. The maximum Gasteiger partial charge on any atom is 0.261 e. The third-order valence-electron chi connectivity index (χ3n) is 2.21. The number of thiophene rings is 1. The van der Waals surface area contributed by atoms with Crippen LogP contribution >= 0.6 is 11.3 Å². The van der Waals surface area contributed by atoms with E-state index in [4.69, 9.17) is 0 Å². The van der Waals surface area contributed by atoms with Gasteiger partial charge in [-0.05, 0) is 17.4 Å². The van der Waals surface area contributed by atoms with Gasteiger partial charge in [0.15, 0.2) is 0 Å². The predicted octanol–water partition coefficient (Wildman–Crippen LogP) is 1.59. The Kier molecular flexibility index (Phi) is 5.15. The van der Waals surface area contributed by atoms with Gasteiger partial charge >= 0.3 is 0 Å². The second-order valence-electron chi connectivity index (χ2n) is 4.33. The summed E-state index contributed by atoms with van der Waals surface area (Å²) in [5.74, 6) is 0.173. The zero-order valence-electron chi connectivity index (χ0n) is 10.4. The van der Waals surface area contributed by atoms with Crippen LogP contribution < -0.4 is 5.32 Å². The van der Waals surface area contributed by atoms with Gasteiger partial charge in [-0.1, -0.05) is 19.9 Å². The van der Waals surface area contributed by atoms with E-state index in [0.29, 0.717) is 17.3 Å². The lowest BCUT2D eigenvalue weighted by molar-refractivity contribution is -0.129. The average Bonchev–Trinajstić information content (AvgIpc) is 2.77. The SMILES string of the molecule is CC(C)CN(C)C(=O)CNC(=O)c1cccs1. The number of rotatable bonds is 5. The number of nitrogens with one attached hydrogen (secondary N) is 1. The summed E-state index contributed by atoms with van der Waals surface area (Å²) in [5, 5.41) is 4.45. The molecule has 1 aromatic heterocycles. The average molecular weight is 254 g/mol. The molecule has 0 saturated carbocycles. The molecule has 5 heteroatoms. The smallest absolute Gasteiger partial charge is 0.261 e. The Labute approximate surface area is 106 Å². The summed E-state index contributed by atoms with van der Waals surface area (Å²) in [4.78, 5) is 25.5. The molecule has 1 aromatic rings. The predicted molar refractivity (Wildman–Crippen MR) is 69.1 cm³/mol. The summed E-state index contributed by atoms with van der Waals surface area (Å²) in [6, 6.07) is 3.55. The quantitative estimate of drug-likeness (QED) is 0.867. The fraction of sp³-hybridized carbons (Fsp3) is 0.500. The van der Waals surface area contributed by atoms with Crippen molar-refractivity contribution in [2.45, 2.75) is 13.8 Å². The van der Waals surface area contributed by atoms with Crippen molar-refractivity contribution in [3.05, 3.63) is 22.4 Å². The largest absolute Gasteiger partial charge is 0.344 e. The molecule has 0 aliphatic rings. The minimum absolute atomic E-state index is 0.0555. The van der Waals surface area contributed by atoms with Crippen LogP contribution in [0.4, 0.5) is 0 Å². The molecule has 17 heavy (non-hydrogen) atoms. The topological polar surface area (TPSA) is 49.4 Å². The lowest BCUT2D eigenvalue weighted by Crippen LogP contribution is -2.39. The summed E-state index contributed by atoms with van der Waals surface area (Å²) in [5.41, 5.74) is 0. The van der Waals surface area contributed by atoms with Crippen LogP contribution in [0.25, 0.3) is 0 Å². The molecule has 1 rings (SSSR count). The number of carbonyl (C=O) groups is 2. The van der Waals surface area contributed by atoms with Gasteiger partial charge in [0.05, 0.1) is 11.4 Å². The number of likely N-dealkylation sites (N-methyl/N-ethyl adjacent to an activating group) is 1. The Bertz CT molecular complexity index is 374. The van der Waals surface area contributed by atoms with Crippen molar-refractivity contribution >= 4 is 23.2 Å². The molecular weight excluding hydrogens is 236 g/mol. The molecule has 0 aromatic carbocycles. The molecule has 0 saturated heterocycles. The lowest BCUT2D eigenvalue weighted by atomic mass is 10.2. The molecule has 1 heterocycles. The maximum absolute atomic E-state index is 11.7. The Balaban J connectivity index is 2.35. The van der Waals surface area contributed by atoms with Crippen molar-refractivity contribution in [3.8, 4) is 0 Å². The van der Waals surface area contributed by atoms with Gasteiger partial charge in [0.2, 0.25) is 5.91 Å². The molecule has 0 bridgehead atoms. The fourth-order valence-electron chi connectivity index (χ4n) is 1.44. The van der Waals surface area contributed by atoms with Crippen LogP contribution in [0.5, 0.6) is 0 Å². The first kappa shape index (κ1) is 13.7. The van der Waals surface area contributed by atoms with E-state index < -0.39 is 0 Å². The van der Waals surface area contributed by atoms with E-state index >= 15 is 0 Å². The van der Waals surface area contributed by atoms with Crippen molar-refractivity contribution in [1.29, 1.82) is 0 Å². The van der Waals surface area contributed by atoms with Crippen LogP contribution in [0.2, 0.25) is 0 Å². The Morgan fingerprint density at radius 3 is 2.71 bits per heavy atom. The highest BCUT2D eigenvalue weighted by Crippen LogP contribution is 2.07. The lowest BCUT2D eigenvalue weighted by Gasteiger charge is -2.19. The minimum Gasteiger partial charge on any atom is -0.344 e. The standard InChI is InChI=1S/C12H18N2O2S/c1-9(2)8-14(3)11(15)7-13-12(16)10-5-4-6-17-10/h4-6,9H,7-8H2,1-3H3,(H,13,16). The van der Waals surface area contributed by atoms with Crippen LogP contribution in [-0.2, 0) is 4.79 Å². The zero-order chi connectivity index (χ0) is 12.8. The van der Waals surface area contributed by atoms with E-state index in [0.717, 1.165) is 0 Å². The van der Waals surface area contributed by atoms with Crippen molar-refractivity contribution < 1.29 is 9.59 Å². The molecule has 0 fully saturated rings. The number of amides is 2. The second kappa shape index (κ2) is 6.39. The van der Waals surface area contributed by atoms with Crippen LogP contribution in [0.3, 0.4) is 0 Å². The van der Waals surface area contributed by atoms with E-state index in [2.05, 4.69) is 5.32 Å². The molecule has 0 atom stereocenters. The fourth-order valence-corrected chi connectivity index (χ4v) is 2.08. The maximum atomic E-state index is 11.7. The van der Waals surface area contributed by atoms with Crippen molar-refractivity contribution in [3.63, 3.8) is 0 Å².